The highest BCUT2D eigenvalue weighted by molar-refractivity contribution is 7.92. The predicted molar refractivity (Wildman–Crippen MR) is 78.9 cm³/mol. The third-order valence-electron chi connectivity index (χ3n) is 4.05. The zero-order valence-electron chi connectivity index (χ0n) is 11.3. The average molecular weight is 281 g/mol. The van der Waals surface area contributed by atoms with E-state index in [2.05, 4.69) is 0 Å². The lowest BCUT2D eigenvalue weighted by molar-refractivity contribution is 0.481. The molecule has 1 aromatic carbocycles. The van der Waals surface area contributed by atoms with Crippen molar-refractivity contribution < 1.29 is 8.42 Å². The SMILES string of the molecule is NCC(CS(=O)(=O)C1CCCCC1)c1ccccc1. The van der Waals surface area contributed by atoms with E-state index in [1.807, 2.05) is 30.3 Å². The Morgan fingerprint density at radius 1 is 1.11 bits per heavy atom. The molecule has 0 aliphatic heterocycles. The summed E-state index contributed by atoms with van der Waals surface area (Å²) in [5.41, 5.74) is 6.81. The van der Waals surface area contributed by atoms with Gasteiger partial charge < -0.3 is 5.73 Å². The van der Waals surface area contributed by atoms with Crippen LogP contribution in [0.5, 0.6) is 0 Å². The minimum absolute atomic E-state index is 0.0758. The van der Waals surface area contributed by atoms with Crippen LogP contribution in [0.2, 0.25) is 0 Å². The van der Waals surface area contributed by atoms with Crippen LogP contribution in [0.1, 0.15) is 43.6 Å². The Balaban J connectivity index is 2.09. The van der Waals surface area contributed by atoms with E-state index in [4.69, 9.17) is 5.73 Å². The first-order chi connectivity index (χ1) is 9.13. The quantitative estimate of drug-likeness (QED) is 0.902. The first-order valence-electron chi connectivity index (χ1n) is 7.10. The van der Waals surface area contributed by atoms with Crippen molar-refractivity contribution >= 4 is 9.84 Å². The molecule has 106 valence electrons. The van der Waals surface area contributed by atoms with Gasteiger partial charge in [0, 0.05) is 12.5 Å². The van der Waals surface area contributed by atoms with Crippen molar-refractivity contribution in [3.8, 4) is 0 Å². The van der Waals surface area contributed by atoms with E-state index < -0.39 is 9.84 Å². The number of rotatable bonds is 5. The van der Waals surface area contributed by atoms with Crippen LogP contribution >= 0.6 is 0 Å². The third kappa shape index (κ3) is 3.80. The van der Waals surface area contributed by atoms with Gasteiger partial charge in [0.2, 0.25) is 0 Å². The Morgan fingerprint density at radius 2 is 1.74 bits per heavy atom. The summed E-state index contributed by atoms with van der Waals surface area (Å²) in [6.45, 7) is 0.385. The van der Waals surface area contributed by atoms with Crippen LogP contribution in [-0.2, 0) is 9.84 Å². The summed E-state index contributed by atoms with van der Waals surface area (Å²) in [5, 5.41) is -0.140. The van der Waals surface area contributed by atoms with E-state index in [9.17, 15) is 8.42 Å². The number of sulfone groups is 1. The van der Waals surface area contributed by atoms with Crippen molar-refractivity contribution in [2.24, 2.45) is 5.73 Å². The highest BCUT2D eigenvalue weighted by atomic mass is 32.2. The van der Waals surface area contributed by atoms with Crippen LogP contribution in [0.4, 0.5) is 0 Å². The summed E-state index contributed by atoms with van der Waals surface area (Å²) < 4.78 is 24.9. The van der Waals surface area contributed by atoms with Gasteiger partial charge in [0.15, 0.2) is 9.84 Å². The Bertz CT molecular complexity index is 478. The fourth-order valence-electron chi connectivity index (χ4n) is 2.87. The van der Waals surface area contributed by atoms with Crippen LogP contribution in [0.15, 0.2) is 30.3 Å². The lowest BCUT2D eigenvalue weighted by atomic mass is 10.0. The van der Waals surface area contributed by atoms with Crippen molar-refractivity contribution in [1.29, 1.82) is 0 Å². The molecule has 1 saturated carbocycles. The second-order valence-electron chi connectivity index (χ2n) is 5.43. The minimum atomic E-state index is -3.02. The topological polar surface area (TPSA) is 60.2 Å². The van der Waals surface area contributed by atoms with E-state index in [1.54, 1.807) is 0 Å². The van der Waals surface area contributed by atoms with Crippen molar-refractivity contribution in [1.82, 2.24) is 0 Å². The second-order valence-corrected chi connectivity index (χ2v) is 7.76. The minimum Gasteiger partial charge on any atom is -0.330 e. The molecule has 0 amide bonds. The summed E-state index contributed by atoms with van der Waals surface area (Å²) in [5.74, 6) is 0.117. The van der Waals surface area contributed by atoms with Gasteiger partial charge in [0.1, 0.15) is 0 Å². The molecule has 0 radical (unpaired) electrons. The maximum absolute atomic E-state index is 12.5. The number of hydrogen-bond donors (Lipinski definition) is 1. The van der Waals surface area contributed by atoms with Crippen molar-refractivity contribution in [3.63, 3.8) is 0 Å². The van der Waals surface area contributed by atoms with Gasteiger partial charge >= 0.3 is 0 Å². The van der Waals surface area contributed by atoms with Gasteiger partial charge in [-0.25, -0.2) is 8.42 Å². The smallest absolute Gasteiger partial charge is 0.153 e. The van der Waals surface area contributed by atoms with Crippen LogP contribution in [-0.4, -0.2) is 26.0 Å². The van der Waals surface area contributed by atoms with E-state index in [0.29, 0.717) is 6.54 Å². The number of nitrogens with two attached hydrogens (primary N) is 1. The molecule has 1 fully saturated rings. The molecular weight excluding hydrogens is 258 g/mol. The maximum Gasteiger partial charge on any atom is 0.153 e. The third-order valence-corrected chi connectivity index (χ3v) is 6.40. The second kappa shape index (κ2) is 6.53. The van der Waals surface area contributed by atoms with E-state index in [0.717, 1.165) is 31.2 Å². The van der Waals surface area contributed by atoms with Gasteiger partial charge in [-0.1, -0.05) is 49.6 Å². The lowest BCUT2D eigenvalue weighted by Crippen LogP contribution is -2.31. The van der Waals surface area contributed by atoms with E-state index in [-0.39, 0.29) is 16.9 Å². The van der Waals surface area contributed by atoms with Gasteiger partial charge in [-0.2, -0.15) is 0 Å². The molecule has 3 nitrogen and oxygen atoms in total. The van der Waals surface area contributed by atoms with Crippen LogP contribution in [0.3, 0.4) is 0 Å². The van der Waals surface area contributed by atoms with Gasteiger partial charge in [0.25, 0.3) is 0 Å². The molecule has 1 aliphatic carbocycles. The molecule has 1 unspecified atom stereocenters. The van der Waals surface area contributed by atoms with Crippen LogP contribution in [0, 0.1) is 0 Å². The van der Waals surface area contributed by atoms with Crippen molar-refractivity contribution in [2.75, 3.05) is 12.3 Å². The monoisotopic (exact) mass is 281 g/mol. The average Bonchev–Trinajstić information content (AvgIpc) is 2.47. The van der Waals surface area contributed by atoms with Crippen LogP contribution < -0.4 is 5.73 Å². The standard InChI is InChI=1S/C15H23NO2S/c16-11-14(13-7-3-1-4-8-13)12-19(17,18)15-9-5-2-6-10-15/h1,3-4,7-8,14-15H,2,5-6,9-12,16H2. The Kier molecular flexibility index (Phi) is 4.99. The zero-order valence-corrected chi connectivity index (χ0v) is 12.1. The molecule has 0 spiro atoms. The molecule has 0 bridgehead atoms. The fraction of sp³-hybridized carbons (Fsp3) is 0.600. The number of hydrogen-bond acceptors (Lipinski definition) is 3. The zero-order chi connectivity index (χ0) is 13.7. The summed E-state index contributed by atoms with van der Waals surface area (Å²) in [6, 6.07) is 9.74. The highest BCUT2D eigenvalue weighted by Crippen LogP contribution is 2.27. The molecule has 0 aromatic heterocycles. The Morgan fingerprint density at radius 3 is 2.32 bits per heavy atom. The molecule has 0 heterocycles. The number of benzene rings is 1. The summed E-state index contributed by atoms with van der Waals surface area (Å²) in [4.78, 5) is 0. The van der Waals surface area contributed by atoms with Crippen LogP contribution in [0.25, 0.3) is 0 Å². The summed E-state index contributed by atoms with van der Waals surface area (Å²) in [6.07, 6.45) is 4.92. The molecule has 19 heavy (non-hydrogen) atoms. The Hall–Kier alpha value is -0.870. The molecule has 1 aliphatic rings. The predicted octanol–water partition coefficient (Wildman–Crippen LogP) is 2.48. The molecule has 1 aromatic rings. The van der Waals surface area contributed by atoms with Gasteiger partial charge in [-0.3, -0.25) is 0 Å². The van der Waals surface area contributed by atoms with Gasteiger partial charge in [-0.15, -0.1) is 0 Å². The molecule has 2 rings (SSSR count). The molecular formula is C15H23NO2S. The highest BCUT2D eigenvalue weighted by Gasteiger charge is 2.29. The molecule has 1 atom stereocenters. The molecule has 4 heteroatoms. The van der Waals surface area contributed by atoms with E-state index in [1.165, 1.54) is 6.42 Å². The normalized spacial score (nSPS) is 19.2. The fourth-order valence-corrected chi connectivity index (χ4v) is 5.08. The summed E-state index contributed by atoms with van der Waals surface area (Å²) in [7, 11) is -3.02. The molecule has 2 N–H and O–H groups in total. The summed E-state index contributed by atoms with van der Waals surface area (Å²) >= 11 is 0. The first-order valence-corrected chi connectivity index (χ1v) is 8.81. The maximum atomic E-state index is 12.5. The van der Waals surface area contributed by atoms with E-state index >= 15 is 0 Å². The first kappa shape index (κ1) is 14.5. The van der Waals surface area contributed by atoms with Crippen molar-refractivity contribution in [2.45, 2.75) is 43.3 Å². The van der Waals surface area contributed by atoms with Gasteiger partial charge in [0.05, 0.1) is 11.0 Å². The largest absolute Gasteiger partial charge is 0.330 e. The lowest BCUT2D eigenvalue weighted by Gasteiger charge is -2.24. The molecule has 0 saturated heterocycles. The Labute approximate surface area is 116 Å². The van der Waals surface area contributed by atoms with Gasteiger partial charge in [-0.05, 0) is 18.4 Å². The van der Waals surface area contributed by atoms with Crippen molar-refractivity contribution in [3.05, 3.63) is 35.9 Å².